The molecule has 0 radical (unpaired) electrons. The van der Waals surface area contributed by atoms with Gasteiger partial charge in [-0.05, 0) is 52.5 Å². The third kappa shape index (κ3) is 3.25. The molecule has 0 spiro atoms. The number of rotatable bonds is 6. The first-order valence-electron chi connectivity index (χ1n) is 8.44. The number of aryl methyl sites for hydroxylation is 1. The Bertz CT molecular complexity index is 787. The summed E-state index contributed by atoms with van der Waals surface area (Å²) in [6.07, 6.45) is 3.43. The van der Waals surface area contributed by atoms with Crippen LogP contribution in [-0.2, 0) is 13.0 Å². The number of carbonyl (C=O) groups excluding carboxylic acids is 1. The number of halogens is 1. The van der Waals surface area contributed by atoms with Crippen molar-refractivity contribution < 1.29 is 14.3 Å². The van der Waals surface area contributed by atoms with Gasteiger partial charge in [0.15, 0.2) is 11.5 Å². The fourth-order valence-electron chi connectivity index (χ4n) is 3.14. The SMILES string of the molecule is CCCCc1ccc(N2Cc3c(cc(OC)c(OC)c3Br)C2=O)cc1. The highest BCUT2D eigenvalue weighted by atomic mass is 79.9. The van der Waals surface area contributed by atoms with Gasteiger partial charge in [0.1, 0.15) is 0 Å². The summed E-state index contributed by atoms with van der Waals surface area (Å²) in [4.78, 5) is 14.7. The molecule has 1 amide bonds. The molecule has 0 bridgehead atoms. The number of hydrogen-bond donors (Lipinski definition) is 0. The van der Waals surface area contributed by atoms with E-state index in [-0.39, 0.29) is 5.91 Å². The fourth-order valence-corrected chi connectivity index (χ4v) is 3.84. The maximum Gasteiger partial charge on any atom is 0.259 e. The molecule has 0 fully saturated rings. The molecular formula is C20H22BrNO3. The first-order chi connectivity index (χ1) is 12.1. The first kappa shape index (κ1) is 17.8. The maximum atomic E-state index is 12.9. The van der Waals surface area contributed by atoms with Crippen LogP contribution >= 0.6 is 15.9 Å². The molecule has 2 aromatic carbocycles. The average molecular weight is 404 g/mol. The summed E-state index contributed by atoms with van der Waals surface area (Å²) in [5.41, 5.74) is 3.79. The highest BCUT2D eigenvalue weighted by Crippen LogP contribution is 2.43. The minimum Gasteiger partial charge on any atom is -0.493 e. The zero-order valence-corrected chi connectivity index (χ0v) is 16.4. The number of amides is 1. The lowest BCUT2D eigenvalue weighted by Gasteiger charge is -2.16. The van der Waals surface area contributed by atoms with E-state index in [0.717, 1.165) is 22.1 Å². The molecule has 2 aromatic rings. The van der Waals surface area contributed by atoms with E-state index in [9.17, 15) is 4.79 Å². The highest BCUT2D eigenvalue weighted by molar-refractivity contribution is 9.10. The van der Waals surface area contributed by atoms with Crippen LogP contribution in [0, 0.1) is 0 Å². The summed E-state index contributed by atoms with van der Waals surface area (Å²) in [5.74, 6) is 1.15. The predicted molar refractivity (Wildman–Crippen MR) is 103 cm³/mol. The van der Waals surface area contributed by atoms with Gasteiger partial charge < -0.3 is 14.4 Å². The molecule has 0 N–H and O–H groups in total. The molecule has 25 heavy (non-hydrogen) atoms. The Balaban J connectivity index is 1.91. The van der Waals surface area contributed by atoms with Gasteiger partial charge in [0.25, 0.3) is 5.91 Å². The van der Waals surface area contributed by atoms with Gasteiger partial charge in [-0.25, -0.2) is 0 Å². The summed E-state index contributed by atoms with van der Waals surface area (Å²) in [6.45, 7) is 2.71. The molecule has 0 aromatic heterocycles. The smallest absolute Gasteiger partial charge is 0.259 e. The Morgan fingerprint density at radius 2 is 1.88 bits per heavy atom. The maximum absolute atomic E-state index is 12.9. The van der Waals surface area contributed by atoms with Gasteiger partial charge in [0.05, 0.1) is 25.2 Å². The molecule has 0 unspecified atom stereocenters. The Kier molecular flexibility index (Phi) is 5.33. The predicted octanol–water partition coefficient (Wildman–Crippen LogP) is 4.97. The van der Waals surface area contributed by atoms with Crippen LogP contribution in [0.3, 0.4) is 0 Å². The first-order valence-corrected chi connectivity index (χ1v) is 9.24. The average Bonchev–Trinajstić information content (AvgIpc) is 2.97. The van der Waals surface area contributed by atoms with Crippen LogP contribution in [0.4, 0.5) is 5.69 Å². The molecule has 0 saturated heterocycles. The molecule has 1 aliphatic rings. The van der Waals surface area contributed by atoms with E-state index in [2.05, 4.69) is 35.0 Å². The van der Waals surface area contributed by atoms with Gasteiger partial charge in [0.2, 0.25) is 0 Å². The molecule has 0 saturated carbocycles. The molecule has 5 heteroatoms. The molecule has 1 heterocycles. The number of methoxy groups -OCH3 is 2. The van der Waals surface area contributed by atoms with Crippen LogP contribution in [-0.4, -0.2) is 20.1 Å². The van der Waals surface area contributed by atoms with E-state index in [4.69, 9.17) is 9.47 Å². The second-order valence-corrected chi connectivity index (χ2v) is 6.91. The highest BCUT2D eigenvalue weighted by Gasteiger charge is 2.33. The van der Waals surface area contributed by atoms with Crippen molar-refractivity contribution in [1.82, 2.24) is 0 Å². The lowest BCUT2D eigenvalue weighted by atomic mass is 10.1. The van der Waals surface area contributed by atoms with E-state index in [0.29, 0.717) is 23.6 Å². The summed E-state index contributed by atoms with van der Waals surface area (Å²) < 4.78 is 11.6. The Morgan fingerprint density at radius 1 is 1.16 bits per heavy atom. The molecule has 4 nitrogen and oxygen atoms in total. The minimum atomic E-state index is -0.0158. The topological polar surface area (TPSA) is 38.8 Å². The number of fused-ring (bicyclic) bond motifs is 1. The normalized spacial score (nSPS) is 13.1. The number of anilines is 1. The number of ether oxygens (including phenoxy) is 2. The zero-order chi connectivity index (χ0) is 18.0. The molecule has 3 rings (SSSR count). The van der Waals surface area contributed by atoms with Gasteiger partial charge in [0, 0.05) is 16.8 Å². The fraction of sp³-hybridized carbons (Fsp3) is 0.350. The summed E-state index contributed by atoms with van der Waals surface area (Å²) >= 11 is 3.57. The molecule has 1 aliphatic heterocycles. The van der Waals surface area contributed by atoms with Gasteiger partial charge in [-0.15, -0.1) is 0 Å². The molecular weight excluding hydrogens is 382 g/mol. The Hall–Kier alpha value is -2.01. The van der Waals surface area contributed by atoms with Gasteiger partial charge in [-0.3, -0.25) is 4.79 Å². The van der Waals surface area contributed by atoms with Crippen LogP contribution in [0.15, 0.2) is 34.8 Å². The van der Waals surface area contributed by atoms with Crippen LogP contribution in [0.25, 0.3) is 0 Å². The summed E-state index contributed by atoms with van der Waals surface area (Å²) in [6, 6.07) is 10.0. The summed E-state index contributed by atoms with van der Waals surface area (Å²) in [5, 5.41) is 0. The van der Waals surface area contributed by atoms with Gasteiger partial charge in [-0.1, -0.05) is 25.5 Å². The number of nitrogens with zero attached hydrogens (tertiary/aromatic N) is 1. The molecule has 132 valence electrons. The molecule has 0 atom stereocenters. The standard InChI is InChI=1S/C20H22BrNO3/c1-4-5-6-13-7-9-14(10-8-13)22-12-16-15(20(22)23)11-17(24-2)19(25-3)18(16)21/h7-11H,4-6,12H2,1-3H3. The van der Waals surface area contributed by atoms with Crippen molar-refractivity contribution in [2.24, 2.45) is 0 Å². The van der Waals surface area contributed by atoms with E-state index >= 15 is 0 Å². The van der Waals surface area contributed by atoms with Crippen molar-refractivity contribution >= 4 is 27.5 Å². The lowest BCUT2D eigenvalue weighted by Crippen LogP contribution is -2.22. The van der Waals surface area contributed by atoms with Crippen LogP contribution < -0.4 is 14.4 Å². The van der Waals surface area contributed by atoms with Crippen molar-refractivity contribution in [3.8, 4) is 11.5 Å². The van der Waals surface area contributed by atoms with Gasteiger partial charge >= 0.3 is 0 Å². The Morgan fingerprint density at radius 3 is 2.48 bits per heavy atom. The third-order valence-corrected chi connectivity index (χ3v) is 5.41. The second kappa shape index (κ2) is 7.48. The van der Waals surface area contributed by atoms with Crippen molar-refractivity contribution in [2.75, 3.05) is 19.1 Å². The second-order valence-electron chi connectivity index (χ2n) is 6.11. The van der Waals surface area contributed by atoms with Crippen molar-refractivity contribution in [3.05, 3.63) is 51.5 Å². The lowest BCUT2D eigenvalue weighted by molar-refractivity contribution is 0.0996. The third-order valence-electron chi connectivity index (χ3n) is 4.57. The largest absolute Gasteiger partial charge is 0.493 e. The zero-order valence-electron chi connectivity index (χ0n) is 14.8. The quantitative estimate of drug-likeness (QED) is 0.683. The van der Waals surface area contributed by atoms with Crippen molar-refractivity contribution in [1.29, 1.82) is 0 Å². The number of unbranched alkanes of at least 4 members (excludes halogenated alkanes) is 1. The van der Waals surface area contributed by atoms with Crippen molar-refractivity contribution in [3.63, 3.8) is 0 Å². The monoisotopic (exact) mass is 403 g/mol. The van der Waals surface area contributed by atoms with E-state index in [1.54, 1.807) is 25.2 Å². The number of benzene rings is 2. The van der Waals surface area contributed by atoms with E-state index in [1.165, 1.54) is 18.4 Å². The van der Waals surface area contributed by atoms with Crippen LogP contribution in [0.1, 0.15) is 41.3 Å². The van der Waals surface area contributed by atoms with E-state index < -0.39 is 0 Å². The number of carbonyl (C=O) groups is 1. The Labute approximate surface area is 156 Å². The molecule has 0 aliphatic carbocycles. The number of hydrogen-bond acceptors (Lipinski definition) is 3. The van der Waals surface area contributed by atoms with Gasteiger partial charge in [-0.2, -0.15) is 0 Å². The summed E-state index contributed by atoms with van der Waals surface area (Å²) in [7, 11) is 3.17. The van der Waals surface area contributed by atoms with Crippen LogP contribution in [0.5, 0.6) is 11.5 Å². The van der Waals surface area contributed by atoms with Crippen molar-refractivity contribution in [2.45, 2.75) is 32.7 Å². The minimum absolute atomic E-state index is 0.0158. The van der Waals surface area contributed by atoms with Crippen LogP contribution in [0.2, 0.25) is 0 Å². The van der Waals surface area contributed by atoms with E-state index in [1.807, 2.05) is 12.1 Å².